The Bertz CT molecular complexity index is 145. The molecule has 0 spiro atoms. The van der Waals surface area contributed by atoms with Crippen LogP contribution in [0.5, 0.6) is 0 Å². The SMILES string of the molecule is CC(C)C(F)(F)C1CCNCC1.Cl. The summed E-state index contributed by atoms with van der Waals surface area (Å²) in [6, 6.07) is 0. The molecule has 1 saturated heterocycles. The maximum absolute atomic E-state index is 13.4. The van der Waals surface area contributed by atoms with Gasteiger partial charge >= 0.3 is 0 Å². The molecule has 1 aliphatic heterocycles. The van der Waals surface area contributed by atoms with Gasteiger partial charge in [0.2, 0.25) is 0 Å². The third-order valence-corrected chi connectivity index (χ3v) is 2.65. The molecular formula is C9H18ClF2N. The lowest BCUT2D eigenvalue weighted by molar-refractivity contribution is -0.106. The molecule has 13 heavy (non-hydrogen) atoms. The van der Waals surface area contributed by atoms with Crippen molar-refractivity contribution in [3.63, 3.8) is 0 Å². The Morgan fingerprint density at radius 2 is 1.69 bits per heavy atom. The summed E-state index contributed by atoms with van der Waals surface area (Å²) in [6.45, 7) is 4.68. The summed E-state index contributed by atoms with van der Waals surface area (Å²) in [5.74, 6) is -3.40. The summed E-state index contributed by atoms with van der Waals surface area (Å²) in [5.41, 5.74) is 0. The molecule has 0 atom stereocenters. The zero-order valence-electron chi connectivity index (χ0n) is 8.15. The van der Waals surface area contributed by atoms with Gasteiger partial charge in [0.1, 0.15) is 0 Å². The van der Waals surface area contributed by atoms with Crippen LogP contribution in [0.4, 0.5) is 8.78 Å². The predicted molar refractivity (Wildman–Crippen MR) is 52.6 cm³/mol. The molecule has 4 heteroatoms. The van der Waals surface area contributed by atoms with E-state index in [2.05, 4.69) is 5.32 Å². The molecule has 1 rings (SSSR count). The smallest absolute Gasteiger partial charge is 0.253 e. The van der Waals surface area contributed by atoms with Gasteiger partial charge in [-0.25, -0.2) is 8.78 Å². The number of piperidine rings is 1. The highest BCUT2D eigenvalue weighted by Gasteiger charge is 2.42. The van der Waals surface area contributed by atoms with Crippen LogP contribution in [0.1, 0.15) is 26.7 Å². The van der Waals surface area contributed by atoms with Crippen molar-refractivity contribution in [1.82, 2.24) is 5.32 Å². The molecule has 80 valence electrons. The van der Waals surface area contributed by atoms with Gasteiger partial charge in [-0.15, -0.1) is 12.4 Å². The highest BCUT2D eigenvalue weighted by atomic mass is 35.5. The fourth-order valence-electron chi connectivity index (χ4n) is 1.68. The van der Waals surface area contributed by atoms with E-state index >= 15 is 0 Å². The largest absolute Gasteiger partial charge is 0.317 e. The van der Waals surface area contributed by atoms with Crippen molar-refractivity contribution in [3.05, 3.63) is 0 Å². The van der Waals surface area contributed by atoms with Crippen LogP contribution in [-0.4, -0.2) is 19.0 Å². The lowest BCUT2D eigenvalue weighted by Crippen LogP contribution is -2.41. The Morgan fingerprint density at radius 3 is 2.08 bits per heavy atom. The summed E-state index contributed by atoms with van der Waals surface area (Å²) in [7, 11) is 0. The minimum absolute atomic E-state index is 0. The fraction of sp³-hybridized carbons (Fsp3) is 1.00. The van der Waals surface area contributed by atoms with Crippen LogP contribution >= 0.6 is 12.4 Å². The van der Waals surface area contributed by atoms with E-state index in [0.29, 0.717) is 12.8 Å². The third kappa shape index (κ3) is 3.06. The Labute approximate surface area is 84.7 Å². The van der Waals surface area contributed by atoms with Crippen LogP contribution in [0.3, 0.4) is 0 Å². The van der Waals surface area contributed by atoms with E-state index in [1.807, 2.05) is 0 Å². The molecule has 0 radical (unpaired) electrons. The second-order valence-corrected chi connectivity index (χ2v) is 3.85. The first-order valence-electron chi connectivity index (χ1n) is 4.63. The zero-order valence-corrected chi connectivity index (χ0v) is 8.96. The van der Waals surface area contributed by atoms with E-state index in [1.54, 1.807) is 13.8 Å². The standard InChI is InChI=1S/C9H17F2N.ClH/c1-7(2)9(10,11)8-3-5-12-6-4-8;/h7-8,12H,3-6H2,1-2H3;1H. The average Bonchev–Trinajstić information content (AvgIpc) is 2.06. The highest BCUT2D eigenvalue weighted by molar-refractivity contribution is 5.85. The van der Waals surface area contributed by atoms with Crippen molar-refractivity contribution in [3.8, 4) is 0 Å². The first kappa shape index (κ1) is 13.1. The van der Waals surface area contributed by atoms with Crippen molar-refractivity contribution >= 4 is 12.4 Å². The number of nitrogens with one attached hydrogen (secondary N) is 1. The molecule has 0 bridgehead atoms. The van der Waals surface area contributed by atoms with Gasteiger partial charge in [-0.2, -0.15) is 0 Å². The Morgan fingerprint density at radius 1 is 1.23 bits per heavy atom. The van der Waals surface area contributed by atoms with Gasteiger partial charge in [-0.05, 0) is 25.9 Å². The zero-order chi connectivity index (χ0) is 9.19. The van der Waals surface area contributed by atoms with Gasteiger partial charge < -0.3 is 5.32 Å². The predicted octanol–water partition coefficient (Wildman–Crippen LogP) is 2.70. The van der Waals surface area contributed by atoms with Crippen LogP contribution in [0.2, 0.25) is 0 Å². The lowest BCUT2D eigenvalue weighted by Gasteiger charge is -2.32. The molecule has 0 saturated carbocycles. The summed E-state index contributed by atoms with van der Waals surface area (Å²) < 4.78 is 26.8. The molecule has 0 aromatic heterocycles. The summed E-state index contributed by atoms with van der Waals surface area (Å²) in [5, 5.41) is 3.09. The molecule has 0 amide bonds. The van der Waals surface area contributed by atoms with E-state index in [4.69, 9.17) is 0 Å². The Kier molecular flexibility index (Phi) is 5.15. The topological polar surface area (TPSA) is 12.0 Å². The minimum Gasteiger partial charge on any atom is -0.317 e. The van der Waals surface area contributed by atoms with E-state index in [0.717, 1.165) is 13.1 Å². The Hall–Kier alpha value is 0.110. The van der Waals surface area contributed by atoms with Gasteiger partial charge in [0.25, 0.3) is 5.92 Å². The van der Waals surface area contributed by atoms with Crippen LogP contribution in [-0.2, 0) is 0 Å². The Balaban J connectivity index is 0.00000144. The van der Waals surface area contributed by atoms with E-state index < -0.39 is 17.8 Å². The summed E-state index contributed by atoms with van der Waals surface area (Å²) in [4.78, 5) is 0. The molecule has 0 aliphatic carbocycles. The van der Waals surface area contributed by atoms with Crippen LogP contribution < -0.4 is 5.32 Å². The maximum Gasteiger partial charge on any atom is 0.253 e. The minimum atomic E-state index is -2.47. The monoisotopic (exact) mass is 213 g/mol. The first-order valence-corrected chi connectivity index (χ1v) is 4.63. The first-order chi connectivity index (χ1) is 5.55. The number of hydrogen-bond donors (Lipinski definition) is 1. The summed E-state index contributed by atoms with van der Waals surface area (Å²) in [6.07, 6.45) is 1.23. The normalized spacial score (nSPS) is 20.1. The van der Waals surface area contributed by atoms with Gasteiger partial charge in [-0.3, -0.25) is 0 Å². The molecule has 1 fully saturated rings. The second kappa shape index (κ2) is 5.11. The van der Waals surface area contributed by atoms with Crippen LogP contribution in [0.15, 0.2) is 0 Å². The van der Waals surface area contributed by atoms with Crippen molar-refractivity contribution in [1.29, 1.82) is 0 Å². The fourth-order valence-corrected chi connectivity index (χ4v) is 1.68. The number of halogens is 3. The van der Waals surface area contributed by atoms with Gasteiger partial charge in [0.15, 0.2) is 0 Å². The molecule has 1 aliphatic rings. The molecule has 0 unspecified atom stereocenters. The van der Waals surface area contributed by atoms with E-state index in [9.17, 15) is 8.78 Å². The second-order valence-electron chi connectivity index (χ2n) is 3.85. The highest BCUT2D eigenvalue weighted by Crippen LogP contribution is 2.37. The van der Waals surface area contributed by atoms with Crippen molar-refractivity contribution < 1.29 is 8.78 Å². The number of hydrogen-bond acceptors (Lipinski definition) is 1. The average molecular weight is 214 g/mol. The molecule has 0 aromatic rings. The molecule has 1 nitrogen and oxygen atoms in total. The molecule has 0 aromatic carbocycles. The maximum atomic E-state index is 13.4. The third-order valence-electron chi connectivity index (χ3n) is 2.65. The van der Waals surface area contributed by atoms with Crippen molar-refractivity contribution in [2.45, 2.75) is 32.6 Å². The lowest BCUT2D eigenvalue weighted by atomic mass is 9.85. The number of alkyl halides is 2. The van der Waals surface area contributed by atoms with Gasteiger partial charge in [0.05, 0.1) is 0 Å². The van der Waals surface area contributed by atoms with Crippen molar-refractivity contribution in [2.75, 3.05) is 13.1 Å². The van der Waals surface area contributed by atoms with E-state index in [-0.39, 0.29) is 12.4 Å². The van der Waals surface area contributed by atoms with Crippen molar-refractivity contribution in [2.24, 2.45) is 11.8 Å². The molecule has 1 heterocycles. The van der Waals surface area contributed by atoms with Gasteiger partial charge in [-0.1, -0.05) is 13.8 Å². The summed E-state index contributed by atoms with van der Waals surface area (Å²) >= 11 is 0. The van der Waals surface area contributed by atoms with E-state index in [1.165, 1.54) is 0 Å². The van der Waals surface area contributed by atoms with Gasteiger partial charge in [0, 0.05) is 11.8 Å². The molecule has 1 N–H and O–H groups in total. The van der Waals surface area contributed by atoms with Crippen LogP contribution in [0.25, 0.3) is 0 Å². The number of rotatable bonds is 2. The molecular weight excluding hydrogens is 196 g/mol. The van der Waals surface area contributed by atoms with Crippen LogP contribution in [0, 0.1) is 11.8 Å². The quantitative estimate of drug-likeness (QED) is 0.744.